The van der Waals surface area contributed by atoms with Crippen LogP contribution in [0.3, 0.4) is 0 Å². The smallest absolute Gasteiger partial charge is 0.0984 e. The van der Waals surface area contributed by atoms with Crippen molar-refractivity contribution >= 4 is 11.8 Å². The number of hydrogen-bond acceptors (Lipinski definition) is 3. The first-order valence-corrected chi connectivity index (χ1v) is 9.57. The molecule has 24 heavy (non-hydrogen) atoms. The Balaban J connectivity index is 1.69. The molecule has 0 aromatic heterocycles. The Morgan fingerprint density at radius 3 is 2.75 bits per heavy atom. The molecule has 0 fully saturated rings. The fraction of sp³-hybridized carbons (Fsp3) is 0.333. The predicted octanol–water partition coefficient (Wildman–Crippen LogP) is 4.28. The summed E-state index contributed by atoms with van der Waals surface area (Å²) in [7, 11) is 4.24. The maximum absolute atomic E-state index is 3.76. The van der Waals surface area contributed by atoms with Crippen molar-refractivity contribution in [2.45, 2.75) is 35.6 Å². The first-order valence-electron chi connectivity index (χ1n) is 8.69. The highest BCUT2D eigenvalue weighted by molar-refractivity contribution is 8.00. The molecule has 0 bridgehead atoms. The van der Waals surface area contributed by atoms with Crippen LogP contribution in [0.25, 0.3) is 0 Å². The van der Waals surface area contributed by atoms with E-state index in [0.29, 0.717) is 5.25 Å². The second-order valence-electron chi connectivity index (χ2n) is 6.80. The minimum absolute atomic E-state index is 0.258. The van der Waals surface area contributed by atoms with E-state index in [1.807, 2.05) is 11.8 Å². The Morgan fingerprint density at radius 1 is 1.12 bits per heavy atom. The van der Waals surface area contributed by atoms with Gasteiger partial charge in [0, 0.05) is 15.8 Å². The van der Waals surface area contributed by atoms with E-state index in [2.05, 4.69) is 79.0 Å². The zero-order chi connectivity index (χ0) is 16.5. The maximum Gasteiger partial charge on any atom is 0.0984 e. The van der Waals surface area contributed by atoms with Gasteiger partial charge < -0.3 is 5.32 Å². The lowest BCUT2D eigenvalue weighted by Crippen LogP contribution is -2.42. The minimum Gasteiger partial charge on any atom is -0.366 e. The molecule has 1 N–H and O–H groups in total. The SMILES string of the molecule is CN(C)C1C=CC(C2Cc3ccccc3S2)=C(C2=CCCC=C2)N1. The Labute approximate surface area is 149 Å². The van der Waals surface area contributed by atoms with Crippen LogP contribution in [0.5, 0.6) is 0 Å². The minimum atomic E-state index is 0.258. The second kappa shape index (κ2) is 6.66. The number of fused-ring (bicyclic) bond motifs is 1. The molecule has 2 aliphatic heterocycles. The van der Waals surface area contributed by atoms with Gasteiger partial charge in [0.25, 0.3) is 0 Å². The molecule has 4 rings (SSSR count). The summed E-state index contributed by atoms with van der Waals surface area (Å²) in [4.78, 5) is 3.65. The van der Waals surface area contributed by atoms with Gasteiger partial charge >= 0.3 is 0 Å². The first-order chi connectivity index (χ1) is 11.7. The molecule has 0 saturated heterocycles. The van der Waals surface area contributed by atoms with Gasteiger partial charge in [0.1, 0.15) is 0 Å². The number of benzene rings is 1. The predicted molar refractivity (Wildman–Crippen MR) is 103 cm³/mol. The Morgan fingerprint density at radius 2 is 2.00 bits per heavy atom. The Bertz CT molecular complexity index is 730. The van der Waals surface area contributed by atoms with Gasteiger partial charge in [0.2, 0.25) is 0 Å². The average molecular weight is 337 g/mol. The van der Waals surface area contributed by atoms with Crippen molar-refractivity contribution in [1.29, 1.82) is 0 Å². The van der Waals surface area contributed by atoms with Crippen molar-refractivity contribution in [2.75, 3.05) is 14.1 Å². The molecule has 2 heterocycles. The molecule has 3 aliphatic rings. The van der Waals surface area contributed by atoms with Crippen molar-refractivity contribution in [3.8, 4) is 0 Å². The molecule has 124 valence electrons. The molecule has 0 radical (unpaired) electrons. The lowest BCUT2D eigenvalue weighted by atomic mass is 9.94. The van der Waals surface area contributed by atoms with Crippen LogP contribution in [0.2, 0.25) is 0 Å². The Hall–Kier alpha value is -1.71. The fourth-order valence-corrected chi connectivity index (χ4v) is 4.88. The highest BCUT2D eigenvalue weighted by Gasteiger charge is 2.29. The summed E-state index contributed by atoms with van der Waals surface area (Å²) in [5.74, 6) is 0. The zero-order valence-corrected chi connectivity index (χ0v) is 15.1. The molecule has 0 amide bonds. The van der Waals surface area contributed by atoms with Gasteiger partial charge in [0.15, 0.2) is 0 Å². The van der Waals surface area contributed by atoms with Gasteiger partial charge in [0.05, 0.1) is 6.17 Å². The molecule has 2 nitrogen and oxygen atoms in total. The van der Waals surface area contributed by atoms with Gasteiger partial charge in [-0.15, -0.1) is 11.8 Å². The standard InChI is InChI=1S/C21H24N2S/c1-23(2)20-13-12-17(21(22-20)15-8-4-3-5-9-15)19-14-16-10-6-7-11-18(16)24-19/h4,6-13,19-20,22H,3,5,14H2,1-2H3. The molecule has 1 aliphatic carbocycles. The highest BCUT2D eigenvalue weighted by Crippen LogP contribution is 2.42. The van der Waals surface area contributed by atoms with E-state index in [-0.39, 0.29) is 6.17 Å². The lowest BCUT2D eigenvalue weighted by Gasteiger charge is -2.32. The van der Waals surface area contributed by atoms with Crippen LogP contribution < -0.4 is 5.32 Å². The number of dihydropyridines is 1. The number of nitrogens with zero attached hydrogens (tertiary/aromatic N) is 1. The number of likely N-dealkylation sites (N-methyl/N-ethyl adjacent to an activating group) is 1. The van der Waals surface area contributed by atoms with Crippen LogP contribution in [0.4, 0.5) is 0 Å². The van der Waals surface area contributed by atoms with E-state index in [0.717, 1.165) is 19.3 Å². The van der Waals surface area contributed by atoms with Crippen LogP contribution in [-0.4, -0.2) is 30.4 Å². The van der Waals surface area contributed by atoms with E-state index in [1.165, 1.54) is 27.3 Å². The zero-order valence-electron chi connectivity index (χ0n) is 14.3. The van der Waals surface area contributed by atoms with Gasteiger partial charge in [-0.3, -0.25) is 4.90 Å². The molecule has 2 unspecified atom stereocenters. The van der Waals surface area contributed by atoms with E-state index < -0.39 is 0 Å². The third-order valence-corrected chi connectivity index (χ3v) is 6.23. The average Bonchev–Trinajstić information content (AvgIpc) is 3.06. The largest absolute Gasteiger partial charge is 0.366 e. The van der Waals surface area contributed by atoms with Crippen molar-refractivity contribution in [1.82, 2.24) is 10.2 Å². The van der Waals surface area contributed by atoms with Gasteiger partial charge in [-0.25, -0.2) is 0 Å². The van der Waals surface area contributed by atoms with E-state index >= 15 is 0 Å². The van der Waals surface area contributed by atoms with Crippen molar-refractivity contribution in [3.05, 3.63) is 77.1 Å². The van der Waals surface area contributed by atoms with Crippen LogP contribution >= 0.6 is 11.8 Å². The topological polar surface area (TPSA) is 15.3 Å². The van der Waals surface area contributed by atoms with Crippen LogP contribution in [-0.2, 0) is 6.42 Å². The molecule has 1 aromatic rings. The summed E-state index contributed by atoms with van der Waals surface area (Å²) in [6.45, 7) is 0. The Kier molecular flexibility index (Phi) is 4.38. The molecule has 1 aromatic carbocycles. The van der Waals surface area contributed by atoms with E-state index in [9.17, 15) is 0 Å². The lowest BCUT2D eigenvalue weighted by molar-refractivity contribution is 0.310. The molecule has 2 atom stereocenters. The third kappa shape index (κ3) is 2.99. The summed E-state index contributed by atoms with van der Waals surface area (Å²) in [5.41, 5.74) is 5.59. The first kappa shape index (κ1) is 15.8. The summed E-state index contributed by atoms with van der Waals surface area (Å²) in [5, 5.41) is 4.26. The number of nitrogens with one attached hydrogen (secondary N) is 1. The molecule has 0 saturated carbocycles. The normalized spacial score (nSPS) is 25.7. The summed E-state index contributed by atoms with van der Waals surface area (Å²) in [6, 6.07) is 8.82. The van der Waals surface area contributed by atoms with Crippen LogP contribution in [0, 0.1) is 0 Å². The van der Waals surface area contributed by atoms with Crippen LogP contribution in [0.15, 0.2) is 76.4 Å². The number of allylic oxidation sites excluding steroid dienone is 4. The number of hydrogen-bond donors (Lipinski definition) is 1. The van der Waals surface area contributed by atoms with Crippen molar-refractivity contribution in [2.24, 2.45) is 0 Å². The quantitative estimate of drug-likeness (QED) is 0.887. The fourth-order valence-electron chi connectivity index (χ4n) is 3.53. The van der Waals surface area contributed by atoms with Crippen LogP contribution in [0.1, 0.15) is 18.4 Å². The number of rotatable bonds is 3. The van der Waals surface area contributed by atoms with E-state index in [1.54, 1.807) is 0 Å². The van der Waals surface area contributed by atoms with Gasteiger partial charge in [-0.05, 0) is 62.2 Å². The third-order valence-electron chi connectivity index (χ3n) is 4.87. The molecular formula is C21H24N2S. The van der Waals surface area contributed by atoms with Gasteiger partial charge in [-0.2, -0.15) is 0 Å². The van der Waals surface area contributed by atoms with Gasteiger partial charge in [-0.1, -0.05) is 42.5 Å². The molecule has 3 heteroatoms. The number of thioether (sulfide) groups is 1. The molecular weight excluding hydrogens is 312 g/mol. The van der Waals surface area contributed by atoms with Crippen molar-refractivity contribution in [3.63, 3.8) is 0 Å². The highest BCUT2D eigenvalue weighted by atomic mass is 32.2. The van der Waals surface area contributed by atoms with E-state index in [4.69, 9.17) is 0 Å². The molecule has 0 spiro atoms. The second-order valence-corrected chi connectivity index (χ2v) is 8.04. The summed E-state index contributed by atoms with van der Waals surface area (Å²) < 4.78 is 0. The maximum atomic E-state index is 3.76. The van der Waals surface area contributed by atoms with Crippen molar-refractivity contribution < 1.29 is 0 Å². The summed E-state index contributed by atoms with van der Waals surface area (Å²) >= 11 is 2.01. The summed E-state index contributed by atoms with van der Waals surface area (Å²) in [6.07, 6.45) is 15.3. The monoisotopic (exact) mass is 336 g/mol.